The molecule has 17 heteroatoms. The molecule has 3 aliphatic heterocycles. The zero-order valence-electron chi connectivity index (χ0n) is 35.8. The third kappa shape index (κ3) is 6.61. The van der Waals surface area contributed by atoms with Gasteiger partial charge in [0, 0.05) is 107 Å². The summed E-state index contributed by atoms with van der Waals surface area (Å²) in [5, 5.41) is 3.04. The van der Waals surface area contributed by atoms with Gasteiger partial charge in [0.15, 0.2) is 11.4 Å². The standard InChI is InChI=1S/C47H47N11O6/c1-55(2)44(61)28-19-57(20-28)30-10-13-33-36(16-30)64-37-17-31(58-21-29(22-58)45(62)56(3)4)11-14-34(37)47(33)35-15-27(9-12-32(35)39(59)40(47)48)42(60)50-18-25-5-7-26(8-6-25)23-63-43-38-41(52-24-51-38)53-46(49)54-43/h5-17,24,28-29,40H,18-23,48H2,1-4H3,(H,50,60)(H3,49,51,52,53,54). The maximum absolute atomic E-state index is 14.3. The minimum atomic E-state index is -1.20. The highest BCUT2D eigenvalue weighted by Gasteiger charge is 2.57. The molecule has 1 aliphatic carbocycles. The van der Waals surface area contributed by atoms with Crippen LogP contribution in [0.1, 0.15) is 48.5 Å². The quantitative estimate of drug-likeness (QED) is 0.155. The number of fused-ring (bicyclic) bond motifs is 7. The second-order valence-electron chi connectivity index (χ2n) is 17.3. The summed E-state index contributed by atoms with van der Waals surface area (Å²) in [5.74, 6) is 0.821. The van der Waals surface area contributed by atoms with Gasteiger partial charge in [-0.25, -0.2) is 4.98 Å². The highest BCUT2D eigenvalue weighted by molar-refractivity contribution is 6.10. The van der Waals surface area contributed by atoms with Crippen LogP contribution in [0.5, 0.6) is 17.4 Å². The number of carbonyl (C=O) groups is 4. The van der Waals surface area contributed by atoms with Crippen molar-refractivity contribution in [1.82, 2.24) is 35.1 Å². The van der Waals surface area contributed by atoms with E-state index in [1.807, 2.05) is 60.7 Å². The van der Waals surface area contributed by atoms with E-state index in [2.05, 4.69) is 35.1 Å². The molecular formula is C47H47N11O6. The number of Topliss-reactive ketones (excluding diaryl/α,β-unsaturated/α-hetero) is 1. The van der Waals surface area contributed by atoms with Crippen LogP contribution in [0.2, 0.25) is 0 Å². The molecule has 10 rings (SSSR count). The fourth-order valence-electron chi connectivity index (χ4n) is 9.42. The van der Waals surface area contributed by atoms with Crippen molar-refractivity contribution in [2.24, 2.45) is 17.6 Å². The number of imidazole rings is 1. The van der Waals surface area contributed by atoms with Crippen molar-refractivity contribution in [2.45, 2.75) is 24.6 Å². The number of ether oxygens (including phenoxy) is 2. The average molecular weight is 862 g/mol. The molecule has 4 aromatic carbocycles. The topological polar surface area (TPSA) is 218 Å². The number of carbonyl (C=O) groups excluding carboxylic acids is 4. The molecule has 0 saturated carbocycles. The number of hydrogen-bond donors (Lipinski definition) is 4. The monoisotopic (exact) mass is 861 g/mol. The maximum Gasteiger partial charge on any atom is 0.251 e. The van der Waals surface area contributed by atoms with Gasteiger partial charge in [0.1, 0.15) is 23.6 Å². The molecule has 64 heavy (non-hydrogen) atoms. The summed E-state index contributed by atoms with van der Waals surface area (Å²) in [5.41, 5.74) is 19.1. The minimum absolute atomic E-state index is 0.0624. The van der Waals surface area contributed by atoms with Gasteiger partial charge in [0.2, 0.25) is 23.6 Å². The normalized spacial score (nSPS) is 17.2. The molecule has 2 aromatic heterocycles. The van der Waals surface area contributed by atoms with Gasteiger partial charge in [-0.3, -0.25) is 19.2 Å². The molecule has 1 unspecified atom stereocenters. The summed E-state index contributed by atoms with van der Waals surface area (Å²) < 4.78 is 12.7. The SMILES string of the molecule is CN(C)C(=O)C1CN(c2ccc3c(c2)Oc2cc(N4CC(C(=O)N(C)C)C4)ccc2C32c3cc(C(=O)NCc4ccc(COc5nc(N)nc6nc[nH]c56)cc4)ccc3C(=O)C2N)C1. The minimum Gasteiger partial charge on any atom is -0.471 e. The summed E-state index contributed by atoms with van der Waals surface area (Å²) in [4.78, 5) is 76.5. The van der Waals surface area contributed by atoms with Crippen molar-refractivity contribution in [2.75, 3.05) is 69.9 Å². The van der Waals surface area contributed by atoms with Crippen molar-refractivity contribution in [3.63, 3.8) is 0 Å². The molecule has 5 heterocycles. The van der Waals surface area contributed by atoms with E-state index in [-0.39, 0.29) is 54.4 Å². The molecule has 0 bridgehead atoms. The van der Waals surface area contributed by atoms with Crippen LogP contribution in [-0.4, -0.2) is 114 Å². The first-order valence-electron chi connectivity index (χ1n) is 21.1. The summed E-state index contributed by atoms with van der Waals surface area (Å²) in [6.07, 6.45) is 1.50. The van der Waals surface area contributed by atoms with E-state index in [4.69, 9.17) is 20.9 Å². The van der Waals surface area contributed by atoms with Crippen LogP contribution >= 0.6 is 0 Å². The van der Waals surface area contributed by atoms with E-state index < -0.39 is 11.5 Å². The molecule has 6 aromatic rings. The smallest absolute Gasteiger partial charge is 0.251 e. The van der Waals surface area contributed by atoms with Crippen LogP contribution in [0.3, 0.4) is 0 Å². The third-order valence-corrected chi connectivity index (χ3v) is 12.9. The zero-order chi connectivity index (χ0) is 44.6. The fourth-order valence-corrected chi connectivity index (χ4v) is 9.42. The van der Waals surface area contributed by atoms with Gasteiger partial charge in [-0.2, -0.15) is 9.97 Å². The molecule has 17 nitrogen and oxygen atoms in total. The van der Waals surface area contributed by atoms with Crippen molar-refractivity contribution >= 4 is 52.0 Å². The van der Waals surface area contributed by atoms with E-state index in [9.17, 15) is 19.2 Å². The van der Waals surface area contributed by atoms with Crippen LogP contribution in [0.4, 0.5) is 17.3 Å². The Kier molecular flexibility index (Phi) is 9.74. The first-order valence-corrected chi connectivity index (χ1v) is 21.1. The summed E-state index contributed by atoms with van der Waals surface area (Å²) in [6.45, 7) is 2.74. The van der Waals surface area contributed by atoms with E-state index in [0.29, 0.717) is 82.5 Å². The highest BCUT2D eigenvalue weighted by Crippen LogP contribution is 2.58. The number of nitrogens with zero attached hydrogens (tertiary/aromatic N) is 7. The van der Waals surface area contributed by atoms with Gasteiger partial charge < -0.3 is 50.8 Å². The number of amides is 3. The number of anilines is 3. The number of H-pyrrole nitrogens is 1. The number of nitrogens with two attached hydrogens (primary N) is 2. The Labute approximate surface area is 368 Å². The Balaban J connectivity index is 0.932. The number of nitrogens with one attached hydrogen (secondary N) is 2. The van der Waals surface area contributed by atoms with E-state index in [1.165, 1.54) is 6.33 Å². The maximum atomic E-state index is 14.3. The lowest BCUT2D eigenvalue weighted by molar-refractivity contribution is -0.134. The Hall–Kier alpha value is -7.53. The lowest BCUT2D eigenvalue weighted by Crippen LogP contribution is -2.53. The van der Waals surface area contributed by atoms with Crippen molar-refractivity contribution in [3.05, 3.63) is 124 Å². The predicted molar refractivity (Wildman–Crippen MR) is 238 cm³/mol. The lowest BCUT2D eigenvalue weighted by Gasteiger charge is -2.44. The van der Waals surface area contributed by atoms with Gasteiger partial charge in [0.25, 0.3) is 5.91 Å². The fraction of sp³-hybridized carbons (Fsp3) is 0.298. The van der Waals surface area contributed by atoms with Crippen LogP contribution in [0.25, 0.3) is 11.2 Å². The number of nitrogen functional groups attached to an aromatic ring is 1. The van der Waals surface area contributed by atoms with Crippen molar-refractivity contribution < 1.29 is 28.7 Å². The van der Waals surface area contributed by atoms with Crippen LogP contribution in [0.15, 0.2) is 85.2 Å². The Morgan fingerprint density at radius 1 is 0.812 bits per heavy atom. The third-order valence-electron chi connectivity index (χ3n) is 12.9. The molecule has 0 radical (unpaired) electrons. The highest BCUT2D eigenvalue weighted by atomic mass is 16.5. The Morgan fingerprint density at radius 2 is 1.41 bits per heavy atom. The molecule has 6 N–H and O–H groups in total. The second kappa shape index (κ2) is 15.4. The van der Waals surface area contributed by atoms with E-state index in [0.717, 1.165) is 22.5 Å². The van der Waals surface area contributed by atoms with Crippen LogP contribution < -0.4 is 36.1 Å². The lowest BCUT2D eigenvalue weighted by atomic mass is 9.66. The molecule has 1 spiro atoms. The first-order chi connectivity index (χ1) is 30.8. The second-order valence-corrected chi connectivity index (χ2v) is 17.3. The predicted octanol–water partition coefficient (Wildman–Crippen LogP) is 3.46. The van der Waals surface area contributed by atoms with Gasteiger partial charge in [-0.1, -0.05) is 42.5 Å². The number of rotatable bonds is 10. The Bertz CT molecular complexity index is 2800. The summed E-state index contributed by atoms with van der Waals surface area (Å²) in [7, 11) is 7.05. The molecule has 3 amide bonds. The Morgan fingerprint density at radius 3 is 2.00 bits per heavy atom. The molecular weight excluding hydrogens is 815 g/mol. The van der Waals surface area contributed by atoms with Gasteiger partial charge in [-0.15, -0.1) is 0 Å². The first kappa shape index (κ1) is 40.5. The van der Waals surface area contributed by atoms with Gasteiger partial charge >= 0.3 is 0 Å². The number of aromatic nitrogens is 4. The molecule has 4 aliphatic rings. The number of hydrogen-bond acceptors (Lipinski definition) is 13. The average Bonchev–Trinajstić information content (AvgIpc) is 3.81. The largest absolute Gasteiger partial charge is 0.471 e. The van der Waals surface area contributed by atoms with E-state index >= 15 is 0 Å². The molecule has 1 atom stereocenters. The van der Waals surface area contributed by atoms with Crippen LogP contribution in [-0.2, 0) is 28.2 Å². The number of ketones is 1. The van der Waals surface area contributed by atoms with E-state index in [1.54, 1.807) is 56.2 Å². The molecule has 2 fully saturated rings. The molecule has 2 saturated heterocycles. The van der Waals surface area contributed by atoms with Gasteiger partial charge in [0.05, 0.1) is 29.6 Å². The summed E-state index contributed by atoms with van der Waals surface area (Å²) in [6, 6.07) is 23.5. The molecule has 326 valence electrons. The van der Waals surface area contributed by atoms with Gasteiger partial charge in [-0.05, 0) is 41.0 Å². The summed E-state index contributed by atoms with van der Waals surface area (Å²) >= 11 is 0. The van der Waals surface area contributed by atoms with Crippen LogP contribution in [0, 0.1) is 11.8 Å². The number of aromatic amines is 1. The number of benzene rings is 4. The van der Waals surface area contributed by atoms with Crippen molar-refractivity contribution in [1.29, 1.82) is 0 Å². The zero-order valence-corrected chi connectivity index (χ0v) is 35.8. The van der Waals surface area contributed by atoms with Crippen molar-refractivity contribution in [3.8, 4) is 17.4 Å².